The molecule has 1 aromatic rings. The van der Waals surface area contributed by atoms with Gasteiger partial charge < -0.3 is 15.8 Å². The second kappa shape index (κ2) is 10.0. The fourth-order valence-corrected chi connectivity index (χ4v) is 1.85. The van der Waals surface area contributed by atoms with Crippen LogP contribution in [-0.2, 0) is 9.53 Å². The Morgan fingerprint density at radius 1 is 1.24 bits per heavy atom. The summed E-state index contributed by atoms with van der Waals surface area (Å²) in [6.07, 6.45) is 2.92. The lowest BCUT2D eigenvalue weighted by atomic mass is 10.1. The number of methoxy groups -OCH3 is 1. The number of nitrogen functional groups attached to an aromatic ring is 1. The van der Waals surface area contributed by atoms with Crippen molar-refractivity contribution in [3.8, 4) is 0 Å². The number of rotatable bonds is 7. The zero-order valence-corrected chi connectivity index (χ0v) is 13.3. The molecule has 21 heavy (non-hydrogen) atoms. The third-order valence-corrected chi connectivity index (χ3v) is 3.08. The molecule has 0 unspecified atom stereocenters. The van der Waals surface area contributed by atoms with Crippen molar-refractivity contribution in [3.05, 3.63) is 29.3 Å². The fraction of sp³-hybridized carbons (Fsp3) is 0.467. The Kier molecular flexibility index (Phi) is 9.21. The molecule has 6 heteroatoms. The van der Waals surface area contributed by atoms with Crippen LogP contribution in [0.4, 0.5) is 5.69 Å². The van der Waals surface area contributed by atoms with Gasteiger partial charge in [-0.1, -0.05) is 12.5 Å². The van der Waals surface area contributed by atoms with Crippen LogP contribution in [0.1, 0.15) is 41.6 Å². The molecule has 0 atom stereocenters. The van der Waals surface area contributed by atoms with Crippen LogP contribution in [0.2, 0.25) is 0 Å². The van der Waals surface area contributed by atoms with E-state index < -0.39 is 0 Å². The molecule has 118 valence electrons. The number of nitrogens with one attached hydrogen (secondary N) is 1. The number of carbonyl (C=O) groups excluding carboxylic acids is 2. The molecule has 0 spiro atoms. The van der Waals surface area contributed by atoms with Crippen LogP contribution >= 0.6 is 12.4 Å². The van der Waals surface area contributed by atoms with Gasteiger partial charge >= 0.3 is 5.97 Å². The number of nitrogens with two attached hydrogens (primary N) is 1. The van der Waals surface area contributed by atoms with Gasteiger partial charge in [0.1, 0.15) is 0 Å². The SMILES string of the molecule is COC(=O)CCCCCNC(=O)c1cc(N)ccc1C.Cl. The van der Waals surface area contributed by atoms with Crippen molar-refractivity contribution >= 4 is 30.0 Å². The van der Waals surface area contributed by atoms with E-state index in [2.05, 4.69) is 10.1 Å². The van der Waals surface area contributed by atoms with E-state index in [0.29, 0.717) is 24.2 Å². The molecule has 0 heterocycles. The summed E-state index contributed by atoms with van der Waals surface area (Å²) in [6.45, 7) is 2.47. The lowest BCUT2D eigenvalue weighted by molar-refractivity contribution is -0.140. The van der Waals surface area contributed by atoms with Gasteiger partial charge in [-0.3, -0.25) is 9.59 Å². The van der Waals surface area contributed by atoms with Crippen LogP contribution in [-0.4, -0.2) is 25.5 Å². The van der Waals surface area contributed by atoms with Gasteiger partial charge in [-0.25, -0.2) is 0 Å². The van der Waals surface area contributed by atoms with Crippen molar-refractivity contribution in [2.75, 3.05) is 19.4 Å². The van der Waals surface area contributed by atoms with Crippen molar-refractivity contribution in [3.63, 3.8) is 0 Å². The number of anilines is 1. The number of unbranched alkanes of at least 4 members (excludes halogenated alkanes) is 2. The molecule has 3 N–H and O–H groups in total. The molecular weight excluding hydrogens is 292 g/mol. The number of amides is 1. The monoisotopic (exact) mass is 314 g/mol. The van der Waals surface area contributed by atoms with E-state index in [4.69, 9.17) is 5.73 Å². The Hall–Kier alpha value is -1.75. The van der Waals surface area contributed by atoms with Crippen LogP contribution in [0.25, 0.3) is 0 Å². The summed E-state index contributed by atoms with van der Waals surface area (Å²) in [4.78, 5) is 22.9. The Bertz CT molecular complexity index is 478. The first-order valence-electron chi connectivity index (χ1n) is 6.75. The predicted octanol–water partition coefficient (Wildman–Crippen LogP) is 2.46. The lowest BCUT2D eigenvalue weighted by Gasteiger charge is -2.08. The summed E-state index contributed by atoms with van der Waals surface area (Å²) in [7, 11) is 1.39. The van der Waals surface area contributed by atoms with Gasteiger partial charge in [0, 0.05) is 24.2 Å². The van der Waals surface area contributed by atoms with E-state index in [9.17, 15) is 9.59 Å². The maximum Gasteiger partial charge on any atom is 0.305 e. The smallest absolute Gasteiger partial charge is 0.305 e. The molecule has 0 fully saturated rings. The fourth-order valence-electron chi connectivity index (χ4n) is 1.85. The first-order valence-corrected chi connectivity index (χ1v) is 6.75. The number of hydrogen-bond donors (Lipinski definition) is 2. The number of hydrogen-bond acceptors (Lipinski definition) is 4. The van der Waals surface area contributed by atoms with E-state index in [-0.39, 0.29) is 24.3 Å². The van der Waals surface area contributed by atoms with Crippen molar-refractivity contribution in [1.29, 1.82) is 0 Å². The first kappa shape index (κ1) is 19.2. The number of carbonyl (C=O) groups is 2. The second-order valence-corrected chi connectivity index (χ2v) is 4.72. The molecule has 1 amide bonds. The molecule has 0 aliphatic rings. The highest BCUT2D eigenvalue weighted by Crippen LogP contribution is 2.12. The average molecular weight is 315 g/mol. The van der Waals surface area contributed by atoms with Gasteiger partial charge in [-0.05, 0) is 37.5 Å². The molecule has 1 rings (SSSR count). The maximum atomic E-state index is 12.0. The standard InChI is InChI=1S/C15H22N2O3.ClH/c1-11-7-8-12(16)10-13(11)15(19)17-9-5-3-4-6-14(18)20-2;/h7-8,10H,3-6,9,16H2,1-2H3,(H,17,19);1H. The highest BCUT2D eigenvalue weighted by atomic mass is 35.5. The molecule has 0 aliphatic heterocycles. The highest BCUT2D eigenvalue weighted by Gasteiger charge is 2.08. The summed E-state index contributed by atoms with van der Waals surface area (Å²) in [5.41, 5.74) is 7.78. The zero-order chi connectivity index (χ0) is 15.0. The second-order valence-electron chi connectivity index (χ2n) is 4.72. The number of ether oxygens (including phenoxy) is 1. The number of esters is 1. The first-order chi connectivity index (χ1) is 9.54. The van der Waals surface area contributed by atoms with Gasteiger partial charge in [-0.2, -0.15) is 0 Å². The quantitative estimate of drug-likeness (QED) is 0.460. The molecule has 0 bridgehead atoms. The van der Waals surface area contributed by atoms with E-state index in [1.54, 1.807) is 12.1 Å². The molecule has 5 nitrogen and oxygen atoms in total. The summed E-state index contributed by atoms with van der Waals surface area (Å²) in [5, 5.41) is 2.86. The van der Waals surface area contributed by atoms with Crippen LogP contribution in [0.3, 0.4) is 0 Å². The molecule has 0 aromatic heterocycles. The summed E-state index contributed by atoms with van der Waals surface area (Å²) >= 11 is 0. The van der Waals surface area contributed by atoms with Gasteiger partial charge in [0.05, 0.1) is 7.11 Å². The Labute approximate surface area is 131 Å². The van der Waals surface area contributed by atoms with E-state index >= 15 is 0 Å². The molecule has 1 aromatic carbocycles. The summed E-state index contributed by atoms with van der Waals surface area (Å²) in [5.74, 6) is -0.299. The molecule has 0 aliphatic carbocycles. The number of halogens is 1. The van der Waals surface area contributed by atoms with Crippen molar-refractivity contribution in [2.24, 2.45) is 0 Å². The minimum atomic E-state index is -0.190. The summed E-state index contributed by atoms with van der Waals surface area (Å²) in [6, 6.07) is 5.29. The van der Waals surface area contributed by atoms with Gasteiger partial charge in [0.2, 0.25) is 0 Å². The van der Waals surface area contributed by atoms with Gasteiger partial charge in [0.25, 0.3) is 5.91 Å². The molecule has 0 saturated carbocycles. The zero-order valence-electron chi connectivity index (χ0n) is 12.5. The lowest BCUT2D eigenvalue weighted by Crippen LogP contribution is -2.25. The van der Waals surface area contributed by atoms with Crippen LogP contribution in [0.15, 0.2) is 18.2 Å². The van der Waals surface area contributed by atoms with Crippen molar-refractivity contribution < 1.29 is 14.3 Å². The normalized spacial score (nSPS) is 9.62. The topological polar surface area (TPSA) is 81.4 Å². The van der Waals surface area contributed by atoms with Crippen LogP contribution in [0.5, 0.6) is 0 Å². The Morgan fingerprint density at radius 2 is 1.95 bits per heavy atom. The number of benzene rings is 1. The predicted molar refractivity (Wildman–Crippen MR) is 85.7 cm³/mol. The van der Waals surface area contributed by atoms with Crippen LogP contribution in [0, 0.1) is 6.92 Å². The molecule has 0 radical (unpaired) electrons. The van der Waals surface area contributed by atoms with E-state index in [0.717, 1.165) is 24.8 Å². The van der Waals surface area contributed by atoms with Crippen molar-refractivity contribution in [1.82, 2.24) is 5.32 Å². The Balaban J connectivity index is 0.00000400. The molecular formula is C15H23ClN2O3. The van der Waals surface area contributed by atoms with Gasteiger partial charge in [0.15, 0.2) is 0 Å². The minimum Gasteiger partial charge on any atom is -0.469 e. The maximum absolute atomic E-state index is 12.0. The van der Waals surface area contributed by atoms with Gasteiger partial charge in [-0.15, -0.1) is 12.4 Å². The van der Waals surface area contributed by atoms with E-state index in [1.165, 1.54) is 7.11 Å². The third-order valence-electron chi connectivity index (χ3n) is 3.08. The van der Waals surface area contributed by atoms with E-state index in [1.807, 2.05) is 13.0 Å². The highest BCUT2D eigenvalue weighted by molar-refractivity contribution is 5.96. The minimum absolute atomic E-state index is 0. The third kappa shape index (κ3) is 6.99. The summed E-state index contributed by atoms with van der Waals surface area (Å²) < 4.78 is 4.56. The molecule has 0 saturated heterocycles. The largest absolute Gasteiger partial charge is 0.469 e. The average Bonchev–Trinajstić information content (AvgIpc) is 2.44. The number of aryl methyl sites for hydroxylation is 1. The van der Waals surface area contributed by atoms with Crippen LogP contribution < -0.4 is 11.1 Å². The van der Waals surface area contributed by atoms with Crippen molar-refractivity contribution in [2.45, 2.75) is 32.6 Å². The Morgan fingerprint density at radius 3 is 2.62 bits per heavy atom.